The van der Waals surface area contributed by atoms with Crippen molar-refractivity contribution in [2.24, 2.45) is 5.73 Å². The molecule has 0 unspecified atom stereocenters. The third-order valence-electron chi connectivity index (χ3n) is 2.64. The number of carbonyl (C=O) groups is 1. The van der Waals surface area contributed by atoms with Gasteiger partial charge in [-0.3, -0.25) is 14.9 Å². The first-order valence-electron chi connectivity index (χ1n) is 5.86. The number of hydrogen-bond acceptors (Lipinski definition) is 6. The van der Waals surface area contributed by atoms with Gasteiger partial charge in [0.25, 0.3) is 5.69 Å². The molecule has 21 heavy (non-hydrogen) atoms. The Labute approximate surface area is 125 Å². The van der Waals surface area contributed by atoms with Crippen molar-refractivity contribution in [1.82, 2.24) is 0 Å². The van der Waals surface area contributed by atoms with Crippen LogP contribution >= 0.6 is 11.6 Å². The van der Waals surface area contributed by atoms with E-state index in [9.17, 15) is 14.9 Å². The fourth-order valence-corrected chi connectivity index (χ4v) is 1.79. The van der Waals surface area contributed by atoms with E-state index in [1.807, 2.05) is 0 Å². The lowest BCUT2D eigenvalue weighted by atomic mass is 10.2. The zero-order valence-electron chi connectivity index (χ0n) is 11.5. The van der Waals surface area contributed by atoms with E-state index in [1.54, 1.807) is 0 Å². The molecule has 8 nitrogen and oxygen atoms in total. The summed E-state index contributed by atoms with van der Waals surface area (Å²) in [5.41, 5.74) is 4.62. The third-order valence-corrected chi connectivity index (χ3v) is 3.02. The first-order chi connectivity index (χ1) is 9.90. The van der Waals surface area contributed by atoms with E-state index >= 15 is 0 Å². The summed E-state index contributed by atoms with van der Waals surface area (Å²) in [6, 6.07) is 2.26. The van der Waals surface area contributed by atoms with Gasteiger partial charge in [0.15, 0.2) is 11.3 Å². The summed E-state index contributed by atoms with van der Waals surface area (Å²) in [7, 11) is 2.94. The van der Waals surface area contributed by atoms with Crippen LogP contribution < -0.4 is 10.5 Å². The smallest absolute Gasteiger partial charge is 0.292 e. The minimum atomic E-state index is -0.814. The van der Waals surface area contributed by atoms with Gasteiger partial charge in [0, 0.05) is 32.3 Å². The number of halogens is 1. The predicted molar refractivity (Wildman–Crippen MR) is 74.5 cm³/mol. The molecule has 0 fully saturated rings. The second-order valence-corrected chi connectivity index (χ2v) is 4.34. The van der Waals surface area contributed by atoms with Crippen molar-refractivity contribution in [3.05, 3.63) is 32.8 Å². The normalized spacial score (nSPS) is 10.7. The highest BCUT2D eigenvalue weighted by atomic mass is 35.5. The number of nitrogens with two attached hydrogens (primary N) is 1. The van der Waals surface area contributed by atoms with Crippen molar-refractivity contribution in [3.8, 4) is 5.75 Å². The van der Waals surface area contributed by atoms with E-state index in [1.165, 1.54) is 20.3 Å². The topological polar surface area (TPSA) is 114 Å². The van der Waals surface area contributed by atoms with Crippen LogP contribution in [0.3, 0.4) is 0 Å². The van der Waals surface area contributed by atoms with Gasteiger partial charge in [0.2, 0.25) is 5.91 Å². The number of primary amides is 1. The molecule has 0 radical (unpaired) electrons. The fraction of sp³-hybridized carbons (Fsp3) is 0.417. The number of methoxy groups -OCH3 is 2. The van der Waals surface area contributed by atoms with E-state index < -0.39 is 22.8 Å². The van der Waals surface area contributed by atoms with Crippen molar-refractivity contribution in [3.63, 3.8) is 0 Å². The minimum absolute atomic E-state index is 0.00521. The molecule has 0 saturated carbocycles. The molecule has 0 heterocycles. The molecule has 0 aliphatic carbocycles. The molecule has 0 bridgehead atoms. The lowest BCUT2D eigenvalue weighted by Gasteiger charge is -2.14. The van der Waals surface area contributed by atoms with E-state index in [-0.39, 0.29) is 22.9 Å². The minimum Gasteiger partial charge on any atom is -0.492 e. The summed E-state index contributed by atoms with van der Waals surface area (Å²) >= 11 is 5.88. The average molecular weight is 319 g/mol. The molecule has 2 N–H and O–H groups in total. The van der Waals surface area contributed by atoms with Crippen LogP contribution in [-0.2, 0) is 9.47 Å². The van der Waals surface area contributed by atoms with Gasteiger partial charge in [0.05, 0.1) is 11.5 Å². The van der Waals surface area contributed by atoms with E-state index in [0.717, 1.165) is 6.07 Å². The Morgan fingerprint density at radius 3 is 2.52 bits per heavy atom. The number of ether oxygens (including phenoxy) is 3. The van der Waals surface area contributed by atoms with Crippen molar-refractivity contribution >= 4 is 23.2 Å². The second-order valence-electron chi connectivity index (χ2n) is 3.97. The first-order valence-corrected chi connectivity index (χ1v) is 6.24. The van der Waals surface area contributed by atoms with Gasteiger partial charge < -0.3 is 19.9 Å². The van der Waals surface area contributed by atoms with Crippen molar-refractivity contribution < 1.29 is 23.9 Å². The zero-order chi connectivity index (χ0) is 16.0. The van der Waals surface area contributed by atoms with Crippen molar-refractivity contribution in [1.29, 1.82) is 0 Å². The molecule has 0 atom stereocenters. The maximum atomic E-state index is 11.2. The molecular weight excluding hydrogens is 304 g/mol. The molecular formula is C12H15ClN2O6. The maximum absolute atomic E-state index is 11.2. The molecule has 0 aliphatic rings. The van der Waals surface area contributed by atoms with Gasteiger partial charge in [-0.15, -0.1) is 0 Å². The third kappa shape index (κ3) is 4.55. The van der Waals surface area contributed by atoms with Crippen LogP contribution in [-0.4, -0.2) is 37.9 Å². The van der Waals surface area contributed by atoms with Crippen molar-refractivity contribution in [2.75, 3.05) is 20.8 Å². The number of carbonyl (C=O) groups excluding carboxylic acids is 1. The number of benzene rings is 1. The Balaban J connectivity index is 2.95. The monoisotopic (exact) mass is 318 g/mol. The van der Waals surface area contributed by atoms with Gasteiger partial charge in [-0.2, -0.15) is 0 Å². The molecule has 0 saturated heterocycles. The van der Waals surface area contributed by atoms with Crippen molar-refractivity contribution in [2.45, 2.75) is 12.7 Å². The lowest BCUT2D eigenvalue weighted by molar-refractivity contribution is -0.384. The highest BCUT2D eigenvalue weighted by Gasteiger charge is 2.21. The van der Waals surface area contributed by atoms with Crippen LogP contribution in [0, 0.1) is 10.1 Å². The maximum Gasteiger partial charge on any atom is 0.292 e. The molecule has 1 rings (SSSR count). The first kappa shape index (κ1) is 17.2. The number of nitrogens with zero attached hydrogens (tertiary/aromatic N) is 1. The summed E-state index contributed by atoms with van der Waals surface area (Å²) in [6.45, 7) is 0.130. The number of nitro groups is 1. The van der Waals surface area contributed by atoms with Crippen LogP contribution in [0.15, 0.2) is 12.1 Å². The molecule has 116 valence electrons. The zero-order valence-corrected chi connectivity index (χ0v) is 12.3. The van der Waals surface area contributed by atoms with Crippen LogP contribution in [0.1, 0.15) is 16.8 Å². The average Bonchev–Trinajstić information content (AvgIpc) is 2.44. The number of rotatable bonds is 8. The Hall–Kier alpha value is -1.90. The van der Waals surface area contributed by atoms with Gasteiger partial charge in [0.1, 0.15) is 5.75 Å². The highest BCUT2D eigenvalue weighted by Crippen LogP contribution is 2.35. The molecule has 0 aromatic heterocycles. The number of nitro benzene ring substituents is 1. The number of amides is 1. The molecule has 1 amide bonds. The second kappa shape index (κ2) is 7.77. The van der Waals surface area contributed by atoms with Gasteiger partial charge >= 0.3 is 0 Å². The van der Waals surface area contributed by atoms with Crippen LogP contribution in [0.2, 0.25) is 5.02 Å². The van der Waals surface area contributed by atoms with Gasteiger partial charge in [-0.05, 0) is 6.07 Å². The van der Waals surface area contributed by atoms with Crippen LogP contribution in [0.25, 0.3) is 0 Å². The summed E-state index contributed by atoms with van der Waals surface area (Å²) in [5.74, 6) is -0.808. The largest absolute Gasteiger partial charge is 0.492 e. The lowest BCUT2D eigenvalue weighted by Crippen LogP contribution is -2.17. The van der Waals surface area contributed by atoms with Gasteiger partial charge in [-0.1, -0.05) is 11.6 Å². The Kier molecular flexibility index (Phi) is 6.35. The summed E-state index contributed by atoms with van der Waals surface area (Å²) in [6.07, 6.45) is -0.101. The summed E-state index contributed by atoms with van der Waals surface area (Å²) in [5, 5.41) is 10.7. The highest BCUT2D eigenvalue weighted by molar-refractivity contribution is 6.34. The fourth-order valence-electron chi connectivity index (χ4n) is 1.56. The van der Waals surface area contributed by atoms with Crippen LogP contribution in [0.5, 0.6) is 5.75 Å². The predicted octanol–water partition coefficient (Wildman–Crippen LogP) is 1.73. The Morgan fingerprint density at radius 1 is 1.43 bits per heavy atom. The van der Waals surface area contributed by atoms with E-state index in [4.69, 9.17) is 31.5 Å². The quantitative estimate of drug-likeness (QED) is 0.443. The summed E-state index contributed by atoms with van der Waals surface area (Å²) < 4.78 is 15.3. The number of hydrogen-bond donors (Lipinski definition) is 1. The molecule has 9 heteroatoms. The molecule has 1 aromatic carbocycles. The Morgan fingerprint density at radius 2 is 2.05 bits per heavy atom. The van der Waals surface area contributed by atoms with E-state index in [0.29, 0.717) is 6.42 Å². The van der Waals surface area contributed by atoms with E-state index in [2.05, 4.69) is 0 Å². The molecule has 1 aromatic rings. The van der Waals surface area contributed by atoms with Gasteiger partial charge in [-0.25, -0.2) is 0 Å². The standard InChI is InChI=1S/C12H15ClN2O6/c1-19-10(20-2)3-4-21-9-6-7(12(14)16)5-8(11(9)13)15(17)18/h5-6,10H,3-4H2,1-2H3,(H2,14,16). The Bertz CT molecular complexity index is 533. The summed E-state index contributed by atoms with van der Waals surface area (Å²) in [4.78, 5) is 21.4. The molecule has 0 aliphatic heterocycles. The molecule has 0 spiro atoms. The SMILES string of the molecule is COC(CCOc1cc(C(N)=O)cc([N+](=O)[O-])c1Cl)OC. The van der Waals surface area contributed by atoms with Crippen LogP contribution in [0.4, 0.5) is 5.69 Å².